The third-order valence-corrected chi connectivity index (χ3v) is 4.82. The number of hydrogen-bond donors (Lipinski definition) is 1. The minimum Gasteiger partial charge on any atom is -0.327 e. The fourth-order valence-electron chi connectivity index (χ4n) is 1.57. The van der Waals surface area contributed by atoms with Gasteiger partial charge in [0.2, 0.25) is 0 Å². The molecular formula is C12H14FN3S2. The van der Waals surface area contributed by atoms with Gasteiger partial charge in [0.1, 0.15) is 10.8 Å². The number of nitrogens with two attached hydrogens (primary N) is 1. The van der Waals surface area contributed by atoms with Gasteiger partial charge in [0.15, 0.2) is 4.34 Å². The molecule has 0 radical (unpaired) electrons. The molecule has 2 rings (SSSR count). The second-order valence-electron chi connectivity index (χ2n) is 4.04. The van der Waals surface area contributed by atoms with E-state index < -0.39 is 0 Å². The molecule has 1 aromatic heterocycles. The normalized spacial score (nSPS) is 14.4. The van der Waals surface area contributed by atoms with Gasteiger partial charge in [0.05, 0.1) is 5.25 Å². The predicted molar refractivity (Wildman–Crippen MR) is 73.3 cm³/mol. The molecule has 18 heavy (non-hydrogen) atoms. The van der Waals surface area contributed by atoms with E-state index in [4.69, 9.17) is 5.73 Å². The molecule has 0 saturated carbocycles. The average molecular weight is 283 g/mol. The molecule has 1 heterocycles. The molecule has 6 heteroatoms. The van der Waals surface area contributed by atoms with Crippen molar-refractivity contribution >= 4 is 23.1 Å². The molecule has 0 bridgehead atoms. The summed E-state index contributed by atoms with van der Waals surface area (Å²) in [6.45, 7) is 3.86. The molecule has 0 amide bonds. The summed E-state index contributed by atoms with van der Waals surface area (Å²) in [5, 5.41) is 9.05. The Morgan fingerprint density at radius 1 is 1.28 bits per heavy atom. The monoisotopic (exact) mass is 283 g/mol. The molecule has 3 nitrogen and oxygen atoms in total. The van der Waals surface area contributed by atoms with E-state index in [1.807, 2.05) is 13.8 Å². The van der Waals surface area contributed by atoms with Crippen LogP contribution in [0.5, 0.6) is 0 Å². The summed E-state index contributed by atoms with van der Waals surface area (Å²) in [6, 6.07) is 6.39. The predicted octanol–water partition coefficient (Wildman–Crippen LogP) is 3.17. The van der Waals surface area contributed by atoms with Crippen LogP contribution in [0.3, 0.4) is 0 Å². The third kappa shape index (κ3) is 3.28. The lowest BCUT2D eigenvalue weighted by atomic mass is 10.1. The fraction of sp³-hybridized carbons (Fsp3) is 0.333. The van der Waals surface area contributed by atoms with Crippen molar-refractivity contribution in [2.24, 2.45) is 5.73 Å². The molecule has 0 saturated heterocycles. The van der Waals surface area contributed by atoms with E-state index in [9.17, 15) is 4.39 Å². The summed E-state index contributed by atoms with van der Waals surface area (Å²) >= 11 is 3.12. The molecule has 96 valence electrons. The van der Waals surface area contributed by atoms with Gasteiger partial charge in [0, 0.05) is 6.04 Å². The minimum absolute atomic E-state index is 0.0512. The summed E-state index contributed by atoms with van der Waals surface area (Å²) in [7, 11) is 0. The van der Waals surface area contributed by atoms with E-state index in [0.717, 1.165) is 14.9 Å². The van der Waals surface area contributed by atoms with E-state index in [0.29, 0.717) is 0 Å². The third-order valence-electron chi connectivity index (χ3n) is 2.41. The largest absolute Gasteiger partial charge is 0.327 e. The number of benzene rings is 1. The van der Waals surface area contributed by atoms with Gasteiger partial charge < -0.3 is 5.73 Å². The maximum atomic E-state index is 12.9. The lowest BCUT2D eigenvalue weighted by molar-refractivity contribution is 0.625. The van der Waals surface area contributed by atoms with Crippen molar-refractivity contribution in [2.45, 2.75) is 29.5 Å². The quantitative estimate of drug-likeness (QED) is 0.876. The Balaban J connectivity index is 2.20. The summed E-state index contributed by atoms with van der Waals surface area (Å²) < 4.78 is 13.8. The van der Waals surface area contributed by atoms with Gasteiger partial charge in [-0.25, -0.2) is 4.39 Å². The first-order valence-electron chi connectivity index (χ1n) is 5.54. The van der Waals surface area contributed by atoms with Crippen LogP contribution in [-0.2, 0) is 0 Å². The van der Waals surface area contributed by atoms with Crippen molar-refractivity contribution in [1.82, 2.24) is 10.2 Å². The number of halogens is 1. The van der Waals surface area contributed by atoms with Crippen molar-refractivity contribution in [3.63, 3.8) is 0 Å². The highest BCUT2D eigenvalue weighted by molar-refractivity contribution is 8.01. The van der Waals surface area contributed by atoms with E-state index in [2.05, 4.69) is 10.2 Å². The van der Waals surface area contributed by atoms with Crippen molar-refractivity contribution in [2.75, 3.05) is 0 Å². The van der Waals surface area contributed by atoms with E-state index in [1.54, 1.807) is 35.2 Å². The van der Waals surface area contributed by atoms with E-state index in [1.165, 1.54) is 12.1 Å². The highest BCUT2D eigenvalue weighted by Crippen LogP contribution is 2.38. The van der Waals surface area contributed by atoms with Crippen LogP contribution < -0.4 is 5.73 Å². The Morgan fingerprint density at radius 2 is 1.94 bits per heavy atom. The standard InChI is InChI=1S/C12H14FN3S2/c1-7(14)11(9-3-5-10(13)6-4-9)18-12-16-15-8(2)17-12/h3-7,11H,14H2,1-2H3. The minimum atomic E-state index is -0.237. The Hall–Kier alpha value is -0.980. The van der Waals surface area contributed by atoms with Crippen LogP contribution in [0.1, 0.15) is 22.7 Å². The van der Waals surface area contributed by atoms with Crippen LogP contribution in [0.25, 0.3) is 0 Å². The summed E-state index contributed by atoms with van der Waals surface area (Å²) in [5.74, 6) is -0.237. The SMILES string of the molecule is Cc1nnc(SC(c2ccc(F)cc2)C(C)N)s1. The first-order chi connectivity index (χ1) is 8.56. The zero-order chi connectivity index (χ0) is 13.1. The van der Waals surface area contributed by atoms with Crippen LogP contribution in [0.4, 0.5) is 4.39 Å². The molecule has 2 N–H and O–H groups in total. The molecule has 0 aliphatic carbocycles. The average Bonchev–Trinajstić information content (AvgIpc) is 2.73. The van der Waals surface area contributed by atoms with Gasteiger partial charge in [-0.3, -0.25) is 0 Å². The molecule has 0 spiro atoms. The number of nitrogens with zero attached hydrogens (tertiary/aromatic N) is 2. The van der Waals surface area contributed by atoms with Crippen LogP contribution in [-0.4, -0.2) is 16.2 Å². The summed E-state index contributed by atoms with van der Waals surface area (Å²) in [4.78, 5) is 0. The fourth-order valence-corrected chi connectivity index (χ4v) is 3.66. The van der Waals surface area contributed by atoms with Gasteiger partial charge in [-0.05, 0) is 31.5 Å². The van der Waals surface area contributed by atoms with Crippen LogP contribution in [0.15, 0.2) is 28.6 Å². The second-order valence-corrected chi connectivity index (χ2v) is 6.61. The Kier molecular flexibility index (Phi) is 4.31. The molecule has 0 fully saturated rings. The maximum Gasteiger partial charge on any atom is 0.174 e. The lowest BCUT2D eigenvalue weighted by Crippen LogP contribution is -2.22. The van der Waals surface area contributed by atoms with Crippen molar-refractivity contribution in [3.05, 3.63) is 40.7 Å². The molecule has 2 aromatic rings. The summed E-state index contributed by atoms with van der Waals surface area (Å²) in [6.07, 6.45) is 0. The smallest absolute Gasteiger partial charge is 0.174 e. The molecule has 2 atom stereocenters. The van der Waals surface area contributed by atoms with Crippen LogP contribution in [0.2, 0.25) is 0 Å². The van der Waals surface area contributed by atoms with Gasteiger partial charge in [0.25, 0.3) is 0 Å². The molecule has 0 aliphatic heterocycles. The summed E-state index contributed by atoms with van der Waals surface area (Å²) in [5.41, 5.74) is 7.01. The highest BCUT2D eigenvalue weighted by atomic mass is 32.2. The highest BCUT2D eigenvalue weighted by Gasteiger charge is 2.19. The zero-order valence-electron chi connectivity index (χ0n) is 10.1. The topological polar surface area (TPSA) is 51.8 Å². The lowest BCUT2D eigenvalue weighted by Gasteiger charge is -2.19. The Bertz CT molecular complexity index is 510. The van der Waals surface area contributed by atoms with Crippen LogP contribution in [0, 0.1) is 12.7 Å². The molecule has 1 aromatic carbocycles. The van der Waals surface area contributed by atoms with E-state index in [-0.39, 0.29) is 17.1 Å². The van der Waals surface area contributed by atoms with Crippen molar-refractivity contribution < 1.29 is 4.39 Å². The van der Waals surface area contributed by atoms with Gasteiger partial charge in [-0.15, -0.1) is 10.2 Å². The zero-order valence-corrected chi connectivity index (χ0v) is 11.8. The van der Waals surface area contributed by atoms with E-state index >= 15 is 0 Å². The molecule has 2 unspecified atom stereocenters. The van der Waals surface area contributed by atoms with Crippen LogP contribution >= 0.6 is 23.1 Å². The number of rotatable bonds is 4. The second kappa shape index (κ2) is 5.77. The number of aromatic nitrogens is 2. The number of thioether (sulfide) groups is 1. The first-order valence-corrected chi connectivity index (χ1v) is 7.23. The number of aryl methyl sites for hydroxylation is 1. The first kappa shape index (κ1) is 13.5. The van der Waals surface area contributed by atoms with Gasteiger partial charge in [-0.1, -0.05) is 35.2 Å². The number of hydrogen-bond acceptors (Lipinski definition) is 5. The van der Waals surface area contributed by atoms with Crippen molar-refractivity contribution in [1.29, 1.82) is 0 Å². The molecule has 0 aliphatic rings. The molecular weight excluding hydrogens is 269 g/mol. The van der Waals surface area contributed by atoms with Crippen molar-refractivity contribution in [3.8, 4) is 0 Å². The Labute approximate surface area is 114 Å². The Morgan fingerprint density at radius 3 is 2.44 bits per heavy atom. The van der Waals surface area contributed by atoms with Gasteiger partial charge >= 0.3 is 0 Å². The maximum absolute atomic E-state index is 12.9. The van der Waals surface area contributed by atoms with Gasteiger partial charge in [-0.2, -0.15) is 0 Å².